The number of hydrogen-bond acceptors (Lipinski definition) is 5. The number of pyridine rings is 1. The topological polar surface area (TPSA) is 88.6 Å². The molecule has 3 aromatic rings. The Labute approximate surface area is 218 Å². The van der Waals surface area contributed by atoms with Crippen LogP contribution in [0.4, 0.5) is 0 Å². The fraction of sp³-hybridized carbons (Fsp3) is 0.333. The number of likely N-dealkylation sites (N-methyl/N-ethyl adjacent to an activating group) is 1. The normalized spacial score (nSPS) is 12.5. The lowest BCUT2D eigenvalue weighted by Gasteiger charge is -2.27. The summed E-state index contributed by atoms with van der Waals surface area (Å²) in [5, 5.41) is 2.94. The summed E-state index contributed by atoms with van der Waals surface area (Å²) in [6.45, 7) is 4.28. The molecule has 37 heavy (non-hydrogen) atoms. The summed E-state index contributed by atoms with van der Waals surface area (Å²) in [5.74, 6) is -1.49. The number of esters is 1. The predicted molar refractivity (Wildman–Crippen MR) is 143 cm³/mol. The molecule has 194 valence electrons. The number of carbonyl (C=O) groups excluding carboxylic acids is 3. The average Bonchev–Trinajstić information content (AvgIpc) is 2.91. The largest absolute Gasteiger partial charge is 0.469 e. The van der Waals surface area contributed by atoms with E-state index < -0.39 is 17.9 Å². The fourth-order valence-corrected chi connectivity index (χ4v) is 4.22. The van der Waals surface area contributed by atoms with E-state index in [4.69, 9.17) is 4.74 Å². The number of nitrogens with zero attached hydrogens (tertiary/aromatic N) is 2. The van der Waals surface area contributed by atoms with Gasteiger partial charge in [-0.2, -0.15) is 0 Å². The van der Waals surface area contributed by atoms with Crippen LogP contribution in [0.5, 0.6) is 0 Å². The van der Waals surface area contributed by atoms with Crippen molar-refractivity contribution in [1.82, 2.24) is 15.2 Å². The van der Waals surface area contributed by atoms with Gasteiger partial charge in [0.1, 0.15) is 6.04 Å². The average molecular weight is 502 g/mol. The zero-order valence-corrected chi connectivity index (χ0v) is 21.9. The first-order valence-corrected chi connectivity index (χ1v) is 12.5. The maximum absolute atomic E-state index is 13.7. The molecule has 0 saturated carbocycles. The van der Waals surface area contributed by atoms with E-state index in [-0.39, 0.29) is 24.2 Å². The molecule has 0 aliphatic carbocycles. The van der Waals surface area contributed by atoms with Crippen LogP contribution in [0, 0.1) is 11.8 Å². The minimum atomic E-state index is -0.918. The van der Waals surface area contributed by atoms with Crippen molar-refractivity contribution in [2.24, 2.45) is 11.8 Å². The number of amides is 2. The molecule has 0 aliphatic rings. The molecule has 7 heteroatoms. The summed E-state index contributed by atoms with van der Waals surface area (Å²) in [5.41, 5.74) is 3.47. The Balaban J connectivity index is 1.88. The van der Waals surface area contributed by atoms with Crippen LogP contribution in [0.3, 0.4) is 0 Å². The number of rotatable bonds is 11. The Hall–Kier alpha value is -4.00. The maximum atomic E-state index is 13.7. The minimum Gasteiger partial charge on any atom is -0.469 e. The van der Waals surface area contributed by atoms with Crippen molar-refractivity contribution in [1.29, 1.82) is 0 Å². The number of methoxy groups -OCH3 is 1. The van der Waals surface area contributed by atoms with Crippen LogP contribution in [0.1, 0.15) is 44.0 Å². The van der Waals surface area contributed by atoms with Gasteiger partial charge in [-0.1, -0.05) is 74.5 Å². The van der Waals surface area contributed by atoms with Crippen LogP contribution in [-0.2, 0) is 25.7 Å². The number of carbonyl (C=O) groups is 3. The lowest BCUT2D eigenvalue weighted by molar-refractivity contribution is -0.145. The van der Waals surface area contributed by atoms with Gasteiger partial charge in [0.05, 0.1) is 25.8 Å². The van der Waals surface area contributed by atoms with Gasteiger partial charge < -0.3 is 15.0 Å². The number of nitrogens with one attached hydrogen (secondary N) is 1. The quantitative estimate of drug-likeness (QED) is 0.382. The van der Waals surface area contributed by atoms with Gasteiger partial charge in [-0.3, -0.25) is 19.4 Å². The van der Waals surface area contributed by atoms with E-state index in [0.717, 1.165) is 16.8 Å². The Morgan fingerprint density at radius 1 is 0.919 bits per heavy atom. The van der Waals surface area contributed by atoms with Gasteiger partial charge in [-0.15, -0.1) is 0 Å². The third-order valence-corrected chi connectivity index (χ3v) is 6.15. The van der Waals surface area contributed by atoms with E-state index >= 15 is 0 Å². The molecule has 0 fully saturated rings. The third-order valence-electron chi connectivity index (χ3n) is 6.15. The SMILES string of the molecule is COC(=O)C[C@@H](CC(C)C)C(=O)NC(C(=O)N(C)Cc1ccccn1)c1ccc(-c2ccccc2)cc1. The molecule has 0 saturated heterocycles. The zero-order valence-electron chi connectivity index (χ0n) is 21.9. The lowest BCUT2D eigenvalue weighted by atomic mass is 9.92. The van der Waals surface area contributed by atoms with E-state index in [1.807, 2.05) is 86.6 Å². The molecule has 0 radical (unpaired) electrons. The van der Waals surface area contributed by atoms with Gasteiger partial charge in [-0.25, -0.2) is 0 Å². The van der Waals surface area contributed by atoms with E-state index in [1.54, 1.807) is 18.1 Å². The first-order valence-electron chi connectivity index (χ1n) is 12.5. The minimum absolute atomic E-state index is 0.0435. The summed E-state index contributed by atoms with van der Waals surface area (Å²) in [4.78, 5) is 44.9. The van der Waals surface area contributed by atoms with Crippen LogP contribution in [0.2, 0.25) is 0 Å². The fourth-order valence-electron chi connectivity index (χ4n) is 4.22. The summed E-state index contributed by atoms with van der Waals surface area (Å²) in [6.07, 6.45) is 2.13. The van der Waals surface area contributed by atoms with Crippen molar-refractivity contribution < 1.29 is 19.1 Å². The monoisotopic (exact) mass is 501 g/mol. The standard InChI is InChI=1S/C30H35N3O4/c1-21(2)18-25(19-27(34)37-4)29(35)32-28(30(36)33(3)20-26-12-8-9-17-31-26)24-15-13-23(14-16-24)22-10-6-5-7-11-22/h5-17,21,25,28H,18-20H2,1-4H3,(H,32,35)/t25-,28?/m1/s1. The second-order valence-corrected chi connectivity index (χ2v) is 9.55. The number of hydrogen-bond donors (Lipinski definition) is 1. The maximum Gasteiger partial charge on any atom is 0.306 e. The Morgan fingerprint density at radius 2 is 1.57 bits per heavy atom. The molecule has 1 N–H and O–H groups in total. The van der Waals surface area contributed by atoms with Crippen LogP contribution in [-0.4, -0.2) is 41.8 Å². The lowest BCUT2D eigenvalue weighted by Crippen LogP contribution is -2.43. The Morgan fingerprint density at radius 3 is 2.16 bits per heavy atom. The molecule has 0 aliphatic heterocycles. The molecule has 7 nitrogen and oxygen atoms in total. The zero-order chi connectivity index (χ0) is 26.8. The molecule has 2 aromatic carbocycles. The van der Waals surface area contributed by atoms with E-state index in [2.05, 4.69) is 10.3 Å². The second-order valence-electron chi connectivity index (χ2n) is 9.55. The van der Waals surface area contributed by atoms with Crippen LogP contribution < -0.4 is 5.32 Å². The highest BCUT2D eigenvalue weighted by molar-refractivity contribution is 5.91. The summed E-state index contributed by atoms with van der Waals surface area (Å²) in [7, 11) is 2.99. The van der Waals surface area contributed by atoms with Gasteiger partial charge in [0.15, 0.2) is 0 Å². The molecule has 1 unspecified atom stereocenters. The molecular formula is C30H35N3O4. The second kappa shape index (κ2) is 13.3. The highest BCUT2D eigenvalue weighted by atomic mass is 16.5. The Bertz CT molecular complexity index is 1160. The van der Waals surface area contributed by atoms with Gasteiger partial charge in [0.25, 0.3) is 0 Å². The van der Waals surface area contributed by atoms with E-state index in [9.17, 15) is 14.4 Å². The summed E-state index contributed by atoms with van der Waals surface area (Å²) in [6, 6.07) is 22.1. The molecule has 3 rings (SSSR count). The highest BCUT2D eigenvalue weighted by Crippen LogP contribution is 2.25. The number of benzene rings is 2. The van der Waals surface area contributed by atoms with Crippen LogP contribution in [0.25, 0.3) is 11.1 Å². The number of aromatic nitrogens is 1. The molecule has 0 bridgehead atoms. The van der Waals surface area contributed by atoms with Crippen molar-refractivity contribution in [2.45, 2.75) is 39.3 Å². The first kappa shape index (κ1) is 27.6. The van der Waals surface area contributed by atoms with Crippen molar-refractivity contribution >= 4 is 17.8 Å². The smallest absolute Gasteiger partial charge is 0.306 e. The molecular weight excluding hydrogens is 466 g/mol. The van der Waals surface area contributed by atoms with Crippen LogP contribution in [0.15, 0.2) is 79.0 Å². The van der Waals surface area contributed by atoms with Gasteiger partial charge in [-0.05, 0) is 41.2 Å². The molecule has 2 atom stereocenters. The van der Waals surface area contributed by atoms with Crippen molar-refractivity contribution in [3.8, 4) is 11.1 Å². The summed E-state index contributed by atoms with van der Waals surface area (Å²) >= 11 is 0. The van der Waals surface area contributed by atoms with Crippen molar-refractivity contribution in [3.63, 3.8) is 0 Å². The highest BCUT2D eigenvalue weighted by Gasteiger charge is 2.30. The van der Waals surface area contributed by atoms with E-state index in [1.165, 1.54) is 7.11 Å². The van der Waals surface area contributed by atoms with Gasteiger partial charge >= 0.3 is 5.97 Å². The molecule has 1 heterocycles. The van der Waals surface area contributed by atoms with Crippen LogP contribution >= 0.6 is 0 Å². The summed E-state index contributed by atoms with van der Waals surface area (Å²) < 4.78 is 4.81. The van der Waals surface area contributed by atoms with Gasteiger partial charge in [0, 0.05) is 19.2 Å². The van der Waals surface area contributed by atoms with Crippen molar-refractivity contribution in [3.05, 3.63) is 90.3 Å². The molecule has 1 aromatic heterocycles. The van der Waals surface area contributed by atoms with Crippen molar-refractivity contribution in [2.75, 3.05) is 14.2 Å². The van der Waals surface area contributed by atoms with E-state index in [0.29, 0.717) is 18.5 Å². The molecule has 0 spiro atoms. The molecule has 2 amide bonds. The third kappa shape index (κ3) is 8.00. The predicted octanol–water partition coefficient (Wildman–Crippen LogP) is 4.79. The van der Waals surface area contributed by atoms with Gasteiger partial charge in [0.2, 0.25) is 11.8 Å². The first-order chi connectivity index (χ1) is 17.8. The number of ether oxygens (including phenoxy) is 1. The Kier molecular flexibility index (Phi) is 9.95.